The number of ether oxygens (including phenoxy) is 1. The number of aryl methyl sites for hydroxylation is 2. The molecule has 0 radical (unpaired) electrons. The number of nitrogens with zero attached hydrogens (tertiary/aromatic N) is 6. The average Bonchev–Trinajstić information content (AvgIpc) is 3.31. The highest BCUT2D eigenvalue weighted by Gasteiger charge is 2.18. The third kappa shape index (κ3) is 6.31. The molecule has 1 amide bonds. The van der Waals surface area contributed by atoms with Crippen molar-refractivity contribution in [3.8, 4) is 23.1 Å². The van der Waals surface area contributed by atoms with E-state index in [-0.39, 0.29) is 5.91 Å². The van der Waals surface area contributed by atoms with Gasteiger partial charge in [-0.1, -0.05) is 6.58 Å². The number of rotatable bonds is 11. The Morgan fingerprint density at radius 1 is 1.20 bits per heavy atom. The first-order chi connectivity index (χ1) is 19.7. The van der Waals surface area contributed by atoms with E-state index in [2.05, 4.69) is 61.8 Å². The Balaban J connectivity index is 1.73. The van der Waals surface area contributed by atoms with Crippen molar-refractivity contribution in [1.82, 2.24) is 19.4 Å². The molecular weight excluding hydrogens is 516 g/mol. The number of hydrogen-bond acceptors (Lipinski definition) is 8. The van der Waals surface area contributed by atoms with Crippen LogP contribution in [0, 0.1) is 18.3 Å². The molecule has 4 rings (SSSR count). The number of carbonyl (C=O) groups is 1. The molecule has 4 aromatic rings. The van der Waals surface area contributed by atoms with Crippen LogP contribution in [0.2, 0.25) is 0 Å². The predicted molar refractivity (Wildman–Crippen MR) is 165 cm³/mol. The molecular formula is C31H36N8O2. The summed E-state index contributed by atoms with van der Waals surface area (Å²) in [6.45, 7) is 10.0. The van der Waals surface area contributed by atoms with Gasteiger partial charge in [-0.05, 0) is 63.8 Å². The van der Waals surface area contributed by atoms with Crippen LogP contribution >= 0.6 is 0 Å². The molecule has 0 saturated heterocycles. The topological polar surface area (TPSA) is 111 Å². The van der Waals surface area contributed by atoms with Gasteiger partial charge in [-0.25, -0.2) is 9.97 Å². The van der Waals surface area contributed by atoms with E-state index >= 15 is 0 Å². The number of methoxy groups -OCH3 is 1. The summed E-state index contributed by atoms with van der Waals surface area (Å²) in [4.78, 5) is 25.6. The summed E-state index contributed by atoms with van der Waals surface area (Å²) < 4.78 is 7.81. The van der Waals surface area contributed by atoms with Crippen LogP contribution in [-0.2, 0) is 11.3 Å². The Morgan fingerprint density at radius 2 is 1.98 bits per heavy atom. The minimum Gasteiger partial charge on any atom is -0.494 e. The summed E-state index contributed by atoms with van der Waals surface area (Å²) in [6, 6.07) is 11.8. The van der Waals surface area contributed by atoms with Crippen LogP contribution in [0.3, 0.4) is 0 Å². The minimum atomic E-state index is -0.322. The third-order valence-corrected chi connectivity index (χ3v) is 6.89. The van der Waals surface area contributed by atoms with Crippen LogP contribution in [0.15, 0.2) is 55.4 Å². The molecule has 0 fully saturated rings. The summed E-state index contributed by atoms with van der Waals surface area (Å²) in [5.74, 6) is 0.585. The van der Waals surface area contributed by atoms with Gasteiger partial charge >= 0.3 is 0 Å². The zero-order chi connectivity index (χ0) is 29.7. The van der Waals surface area contributed by atoms with Gasteiger partial charge in [0.15, 0.2) is 0 Å². The van der Waals surface area contributed by atoms with Crippen molar-refractivity contribution < 1.29 is 9.53 Å². The number of fused-ring (bicyclic) bond motifs is 1. The van der Waals surface area contributed by atoms with E-state index in [0.717, 1.165) is 47.4 Å². The van der Waals surface area contributed by atoms with Gasteiger partial charge in [-0.2, -0.15) is 5.26 Å². The van der Waals surface area contributed by atoms with Crippen LogP contribution in [0.4, 0.5) is 23.0 Å². The highest BCUT2D eigenvalue weighted by molar-refractivity contribution is 6.02. The van der Waals surface area contributed by atoms with Crippen molar-refractivity contribution in [3.05, 3.63) is 66.5 Å². The van der Waals surface area contributed by atoms with Crippen molar-refractivity contribution in [3.63, 3.8) is 0 Å². The number of benzene rings is 2. The van der Waals surface area contributed by atoms with Crippen LogP contribution in [-0.4, -0.2) is 66.7 Å². The molecule has 0 unspecified atom stereocenters. The number of nitriles is 1. The molecule has 2 aromatic heterocycles. The van der Waals surface area contributed by atoms with Crippen LogP contribution in [0.5, 0.6) is 5.75 Å². The standard InChI is InChI=1S/C31H36N8O2/c1-8-29(40)34-25-16-26(28(41-7)17-27(25)38(6)13-12-37(4)5)36-31-33-11-10-24(35-31)21-14-22(18-32)30-23(15-21)20(3)19-39(30)9-2/h8,10-11,14-17,19H,1,9,12-13H2,2-7H3,(H,34,40)(H,33,35,36). The molecule has 0 atom stereocenters. The largest absolute Gasteiger partial charge is 0.494 e. The van der Waals surface area contributed by atoms with Gasteiger partial charge in [0.05, 0.1) is 40.9 Å². The Bertz CT molecular complexity index is 1630. The number of amides is 1. The lowest BCUT2D eigenvalue weighted by Crippen LogP contribution is -2.29. The van der Waals surface area contributed by atoms with Crippen LogP contribution in [0.25, 0.3) is 22.2 Å². The number of carbonyl (C=O) groups excluding carboxylic acids is 1. The first-order valence-corrected chi connectivity index (χ1v) is 13.3. The summed E-state index contributed by atoms with van der Waals surface area (Å²) in [7, 11) is 7.58. The SMILES string of the molecule is C=CC(=O)Nc1cc(Nc2nccc(-c3cc(C#N)c4c(c3)c(C)cn4CC)n2)c(OC)cc1N(C)CCN(C)C. The second-order valence-electron chi connectivity index (χ2n) is 10.0. The van der Waals surface area contributed by atoms with E-state index in [4.69, 9.17) is 9.72 Å². The second kappa shape index (κ2) is 12.5. The van der Waals surface area contributed by atoms with Gasteiger partial charge in [0.1, 0.15) is 11.8 Å². The average molecular weight is 553 g/mol. The maximum atomic E-state index is 12.3. The maximum Gasteiger partial charge on any atom is 0.247 e. The highest BCUT2D eigenvalue weighted by atomic mass is 16.5. The third-order valence-electron chi connectivity index (χ3n) is 6.89. The van der Waals surface area contributed by atoms with E-state index in [1.54, 1.807) is 19.4 Å². The first-order valence-electron chi connectivity index (χ1n) is 13.3. The smallest absolute Gasteiger partial charge is 0.247 e. The summed E-state index contributed by atoms with van der Waals surface area (Å²) in [5.41, 5.74) is 6.09. The fourth-order valence-corrected chi connectivity index (χ4v) is 4.70. The number of anilines is 4. The molecule has 2 N–H and O–H groups in total. The van der Waals surface area contributed by atoms with Crippen molar-refractivity contribution in [2.75, 3.05) is 56.9 Å². The molecule has 2 heterocycles. The van der Waals surface area contributed by atoms with E-state index in [1.807, 2.05) is 46.3 Å². The molecule has 0 aliphatic rings. The van der Waals surface area contributed by atoms with Crippen molar-refractivity contribution in [2.45, 2.75) is 20.4 Å². The number of likely N-dealkylation sites (N-methyl/N-ethyl adjacent to an activating group) is 2. The lowest BCUT2D eigenvalue weighted by Gasteiger charge is -2.26. The first kappa shape index (κ1) is 29.1. The Hall–Kier alpha value is -4.88. The van der Waals surface area contributed by atoms with Gasteiger partial charge in [0, 0.05) is 56.1 Å². The highest BCUT2D eigenvalue weighted by Crippen LogP contribution is 2.38. The van der Waals surface area contributed by atoms with Crippen molar-refractivity contribution in [1.29, 1.82) is 5.26 Å². The van der Waals surface area contributed by atoms with E-state index < -0.39 is 0 Å². The molecule has 10 heteroatoms. The monoisotopic (exact) mass is 552 g/mol. The lowest BCUT2D eigenvalue weighted by molar-refractivity contribution is -0.111. The normalized spacial score (nSPS) is 10.9. The van der Waals surface area contributed by atoms with E-state index in [0.29, 0.717) is 34.3 Å². The maximum absolute atomic E-state index is 12.3. The predicted octanol–water partition coefficient (Wildman–Crippen LogP) is 5.17. The fraction of sp³-hybridized carbons (Fsp3) is 0.290. The van der Waals surface area contributed by atoms with Crippen molar-refractivity contribution >= 4 is 39.8 Å². The van der Waals surface area contributed by atoms with Gasteiger partial charge < -0.3 is 29.7 Å². The fourth-order valence-electron chi connectivity index (χ4n) is 4.70. The number of aromatic nitrogens is 3. The Kier molecular flexibility index (Phi) is 8.90. The molecule has 0 saturated carbocycles. The molecule has 0 aliphatic heterocycles. The molecule has 2 aromatic carbocycles. The van der Waals surface area contributed by atoms with E-state index in [9.17, 15) is 10.1 Å². The van der Waals surface area contributed by atoms with Crippen LogP contribution in [0.1, 0.15) is 18.1 Å². The van der Waals surface area contributed by atoms with Gasteiger partial charge in [0.25, 0.3) is 0 Å². The van der Waals surface area contributed by atoms with Crippen LogP contribution < -0.4 is 20.3 Å². The summed E-state index contributed by atoms with van der Waals surface area (Å²) in [6.07, 6.45) is 4.97. The summed E-state index contributed by atoms with van der Waals surface area (Å²) in [5, 5.41) is 17.1. The zero-order valence-electron chi connectivity index (χ0n) is 24.4. The molecule has 0 spiro atoms. The Morgan fingerprint density at radius 3 is 2.63 bits per heavy atom. The summed E-state index contributed by atoms with van der Waals surface area (Å²) >= 11 is 0. The molecule has 0 bridgehead atoms. The number of nitrogens with one attached hydrogen (secondary N) is 2. The van der Waals surface area contributed by atoms with Gasteiger partial charge in [-0.15, -0.1) is 0 Å². The minimum absolute atomic E-state index is 0.322. The second-order valence-corrected chi connectivity index (χ2v) is 10.0. The molecule has 41 heavy (non-hydrogen) atoms. The van der Waals surface area contributed by atoms with Gasteiger partial charge in [-0.3, -0.25) is 4.79 Å². The molecule has 0 aliphatic carbocycles. The number of hydrogen-bond donors (Lipinski definition) is 2. The van der Waals surface area contributed by atoms with Gasteiger partial charge in [0.2, 0.25) is 11.9 Å². The quantitative estimate of drug-likeness (QED) is 0.245. The van der Waals surface area contributed by atoms with Crippen molar-refractivity contribution in [2.24, 2.45) is 0 Å². The molecule has 10 nitrogen and oxygen atoms in total. The van der Waals surface area contributed by atoms with E-state index in [1.165, 1.54) is 6.08 Å². The Labute approximate surface area is 240 Å². The molecule has 212 valence electrons. The zero-order valence-corrected chi connectivity index (χ0v) is 24.4. The lowest BCUT2D eigenvalue weighted by atomic mass is 10.0.